The van der Waals surface area contributed by atoms with E-state index in [0.29, 0.717) is 17.5 Å². The van der Waals surface area contributed by atoms with Crippen LogP contribution >= 0.6 is 0 Å². The predicted molar refractivity (Wildman–Crippen MR) is 172 cm³/mol. The van der Waals surface area contributed by atoms with E-state index in [0.717, 1.165) is 16.5 Å². The van der Waals surface area contributed by atoms with Crippen molar-refractivity contribution >= 4 is 41.2 Å². The standard InChI is InChI=1S/C35H38N4O7/c1-35(2,3)46-34(44)36-20-31(41)37-28(19-26-21-39(23-40)30-17-11-10-16-27(26)30)32(42)38-29(18-24-12-6-4-7-13-24)33(43)45-22-25-14-8-5-9-15-25/h4-17,21,23,28-29H,18-20,22H2,1-3H3,(H,36,44)(H,37,41)(H,38,42)/t28-,29+/m1/s1. The third kappa shape index (κ3) is 9.78. The van der Waals surface area contributed by atoms with Gasteiger partial charge in [0.1, 0.15) is 30.8 Å². The molecular formula is C35H38N4O7. The van der Waals surface area contributed by atoms with E-state index in [1.165, 1.54) is 4.57 Å². The average molecular weight is 627 g/mol. The SMILES string of the molecule is CC(C)(C)OC(=O)NCC(=O)N[C@H](Cc1cn(C=O)c2ccccc12)C(=O)N[C@@H](Cc1ccccc1)C(=O)OCc1ccccc1. The zero-order valence-electron chi connectivity index (χ0n) is 26.0. The molecule has 0 fully saturated rings. The molecule has 0 bridgehead atoms. The van der Waals surface area contributed by atoms with Gasteiger partial charge in [0.2, 0.25) is 18.2 Å². The zero-order valence-corrected chi connectivity index (χ0v) is 26.0. The fourth-order valence-electron chi connectivity index (χ4n) is 4.81. The van der Waals surface area contributed by atoms with Gasteiger partial charge in [0, 0.05) is 24.4 Å². The van der Waals surface area contributed by atoms with Crippen molar-refractivity contribution in [1.82, 2.24) is 20.5 Å². The predicted octanol–water partition coefficient (Wildman–Crippen LogP) is 3.70. The fraction of sp³-hybridized carbons (Fsp3) is 0.286. The topological polar surface area (TPSA) is 145 Å². The van der Waals surface area contributed by atoms with E-state index in [1.54, 1.807) is 45.2 Å². The number of carbonyl (C=O) groups is 5. The summed E-state index contributed by atoms with van der Waals surface area (Å²) in [6.07, 6.45) is 1.59. The lowest BCUT2D eigenvalue weighted by Crippen LogP contribution is -2.54. The minimum Gasteiger partial charge on any atom is -0.459 e. The van der Waals surface area contributed by atoms with Crippen molar-refractivity contribution in [1.29, 1.82) is 0 Å². The van der Waals surface area contributed by atoms with E-state index < -0.39 is 48.1 Å². The highest BCUT2D eigenvalue weighted by Gasteiger charge is 2.29. The number of esters is 1. The number of nitrogens with one attached hydrogen (secondary N) is 3. The van der Waals surface area contributed by atoms with Gasteiger partial charge >= 0.3 is 12.1 Å². The molecule has 0 radical (unpaired) electrons. The second-order valence-electron chi connectivity index (χ2n) is 11.7. The van der Waals surface area contributed by atoms with Gasteiger partial charge in [0.15, 0.2) is 0 Å². The van der Waals surface area contributed by atoms with Crippen LogP contribution in [0.2, 0.25) is 0 Å². The number of alkyl carbamates (subject to hydrolysis) is 1. The maximum atomic E-state index is 13.9. The van der Waals surface area contributed by atoms with Crippen molar-refractivity contribution in [2.45, 2.75) is 57.9 Å². The van der Waals surface area contributed by atoms with Gasteiger partial charge in [-0.1, -0.05) is 78.9 Å². The molecule has 0 aliphatic rings. The summed E-state index contributed by atoms with van der Waals surface area (Å²) in [4.78, 5) is 64.1. The lowest BCUT2D eigenvalue weighted by molar-refractivity contribution is -0.149. The van der Waals surface area contributed by atoms with Crippen molar-refractivity contribution in [2.75, 3.05) is 6.54 Å². The van der Waals surface area contributed by atoms with Crippen LogP contribution in [0.25, 0.3) is 10.9 Å². The number of fused-ring (bicyclic) bond motifs is 1. The number of ether oxygens (including phenoxy) is 2. The Morgan fingerprint density at radius 3 is 2.09 bits per heavy atom. The first kappa shape index (κ1) is 33.4. The Morgan fingerprint density at radius 2 is 1.43 bits per heavy atom. The summed E-state index contributed by atoms with van der Waals surface area (Å²) in [5.41, 5.74) is 2.07. The normalized spacial score (nSPS) is 12.4. The number of carbonyl (C=O) groups excluding carboxylic acids is 5. The Kier molecular flexibility index (Phi) is 11.3. The number of benzene rings is 3. The molecule has 11 nitrogen and oxygen atoms in total. The van der Waals surface area contributed by atoms with Crippen molar-refractivity contribution in [3.8, 4) is 0 Å². The van der Waals surface area contributed by atoms with Gasteiger partial charge in [-0.3, -0.25) is 19.0 Å². The van der Waals surface area contributed by atoms with Crippen LogP contribution in [-0.2, 0) is 48.1 Å². The Balaban J connectivity index is 1.56. The second-order valence-corrected chi connectivity index (χ2v) is 11.7. The molecule has 2 atom stereocenters. The first-order chi connectivity index (χ1) is 22.0. The minimum atomic E-state index is -1.18. The van der Waals surface area contributed by atoms with Gasteiger partial charge in [-0.2, -0.15) is 0 Å². The Labute approximate surface area is 267 Å². The van der Waals surface area contributed by atoms with E-state index in [-0.39, 0.29) is 19.4 Å². The molecular weight excluding hydrogens is 588 g/mol. The van der Waals surface area contributed by atoms with E-state index in [1.807, 2.05) is 66.7 Å². The molecule has 0 saturated carbocycles. The maximum absolute atomic E-state index is 13.9. The van der Waals surface area contributed by atoms with E-state index in [4.69, 9.17) is 9.47 Å². The van der Waals surface area contributed by atoms with Gasteiger partial charge < -0.3 is 25.4 Å². The van der Waals surface area contributed by atoms with Crippen LogP contribution in [0, 0.1) is 0 Å². The molecule has 0 aliphatic heterocycles. The lowest BCUT2D eigenvalue weighted by atomic mass is 10.0. The number of aromatic nitrogens is 1. The van der Waals surface area contributed by atoms with Gasteiger partial charge in [-0.05, 0) is 43.5 Å². The average Bonchev–Trinajstić information content (AvgIpc) is 3.39. The van der Waals surface area contributed by atoms with Crippen molar-refractivity contribution in [3.05, 3.63) is 108 Å². The zero-order chi connectivity index (χ0) is 33.1. The third-order valence-corrected chi connectivity index (χ3v) is 6.91. The molecule has 0 unspecified atom stereocenters. The largest absolute Gasteiger partial charge is 0.459 e. The molecule has 46 heavy (non-hydrogen) atoms. The van der Waals surface area contributed by atoms with Crippen LogP contribution in [0.15, 0.2) is 91.1 Å². The Morgan fingerprint density at radius 1 is 0.804 bits per heavy atom. The van der Waals surface area contributed by atoms with Crippen LogP contribution in [0.4, 0.5) is 4.79 Å². The third-order valence-electron chi connectivity index (χ3n) is 6.91. The molecule has 11 heteroatoms. The van der Waals surface area contributed by atoms with Crippen LogP contribution in [0.3, 0.4) is 0 Å². The summed E-state index contributed by atoms with van der Waals surface area (Å²) in [6, 6.07) is 23.2. The first-order valence-electron chi connectivity index (χ1n) is 14.9. The molecule has 240 valence electrons. The number of nitrogens with zero attached hydrogens (tertiary/aromatic N) is 1. The monoisotopic (exact) mass is 626 g/mol. The van der Waals surface area contributed by atoms with Crippen molar-refractivity contribution in [2.24, 2.45) is 0 Å². The molecule has 4 rings (SSSR count). The number of amides is 3. The molecule has 1 heterocycles. The van der Waals surface area contributed by atoms with Gasteiger partial charge in [0.05, 0.1) is 5.52 Å². The number of hydrogen-bond acceptors (Lipinski definition) is 7. The summed E-state index contributed by atoms with van der Waals surface area (Å²) in [6.45, 7) is 4.64. The number of para-hydroxylation sites is 1. The Hall–Kier alpha value is -5.45. The molecule has 0 spiro atoms. The quantitative estimate of drug-likeness (QED) is 0.152. The van der Waals surface area contributed by atoms with Crippen LogP contribution in [-0.4, -0.2) is 59.1 Å². The summed E-state index contributed by atoms with van der Waals surface area (Å²) >= 11 is 0. The molecule has 3 N–H and O–H groups in total. The van der Waals surface area contributed by atoms with Crippen LogP contribution in [0.5, 0.6) is 0 Å². The Bertz CT molecular complexity index is 1660. The second kappa shape index (κ2) is 15.5. The van der Waals surface area contributed by atoms with E-state index in [9.17, 15) is 24.0 Å². The summed E-state index contributed by atoms with van der Waals surface area (Å²) in [5.74, 6) is -1.95. The van der Waals surface area contributed by atoms with E-state index in [2.05, 4.69) is 16.0 Å². The van der Waals surface area contributed by atoms with E-state index >= 15 is 0 Å². The van der Waals surface area contributed by atoms with Crippen molar-refractivity contribution < 1.29 is 33.4 Å². The molecule has 4 aromatic rings. The smallest absolute Gasteiger partial charge is 0.408 e. The lowest BCUT2D eigenvalue weighted by Gasteiger charge is -2.23. The highest BCUT2D eigenvalue weighted by Crippen LogP contribution is 2.22. The molecule has 3 aromatic carbocycles. The van der Waals surface area contributed by atoms with Gasteiger partial charge in [-0.25, -0.2) is 9.59 Å². The molecule has 3 amide bonds. The molecule has 1 aromatic heterocycles. The summed E-state index contributed by atoms with van der Waals surface area (Å²) < 4.78 is 12.2. The van der Waals surface area contributed by atoms with Gasteiger partial charge in [-0.15, -0.1) is 0 Å². The van der Waals surface area contributed by atoms with Crippen LogP contribution < -0.4 is 16.0 Å². The summed E-state index contributed by atoms with van der Waals surface area (Å²) in [5, 5.41) is 8.55. The van der Waals surface area contributed by atoms with Crippen LogP contribution in [0.1, 0.15) is 37.5 Å². The highest BCUT2D eigenvalue weighted by atomic mass is 16.6. The number of rotatable bonds is 13. The molecule has 0 aliphatic carbocycles. The van der Waals surface area contributed by atoms with Crippen molar-refractivity contribution in [3.63, 3.8) is 0 Å². The minimum absolute atomic E-state index is 0.0114. The van der Waals surface area contributed by atoms with Gasteiger partial charge in [0.25, 0.3) is 0 Å². The first-order valence-corrected chi connectivity index (χ1v) is 14.9. The fourth-order valence-corrected chi connectivity index (χ4v) is 4.81. The highest BCUT2D eigenvalue weighted by molar-refractivity contribution is 5.94. The summed E-state index contributed by atoms with van der Waals surface area (Å²) in [7, 11) is 0. The number of hydrogen-bond donors (Lipinski definition) is 3. The molecule has 0 saturated heterocycles. The maximum Gasteiger partial charge on any atom is 0.408 e.